The van der Waals surface area contributed by atoms with Crippen LogP contribution in [0.5, 0.6) is 0 Å². The number of carbonyl (C=O) groups excluding carboxylic acids is 2. The second kappa shape index (κ2) is 4.96. The summed E-state index contributed by atoms with van der Waals surface area (Å²) in [7, 11) is 0. The largest absolute Gasteiger partial charge is 0.354 e. The van der Waals surface area contributed by atoms with Crippen molar-refractivity contribution in [2.45, 2.75) is 51.6 Å². The molecular weight excluding hydrogens is 254 g/mol. The van der Waals surface area contributed by atoms with Gasteiger partial charge in [-0.2, -0.15) is 0 Å². The molecule has 1 saturated heterocycles. The van der Waals surface area contributed by atoms with E-state index in [1.54, 1.807) is 4.90 Å². The van der Waals surface area contributed by atoms with Gasteiger partial charge in [-0.15, -0.1) is 0 Å². The van der Waals surface area contributed by atoms with E-state index in [0.717, 1.165) is 36.9 Å². The highest BCUT2D eigenvalue weighted by molar-refractivity contribution is 5.97. The third kappa shape index (κ3) is 2.21. The van der Waals surface area contributed by atoms with Crippen LogP contribution >= 0.6 is 0 Å². The highest BCUT2D eigenvalue weighted by Crippen LogP contribution is 2.27. The lowest BCUT2D eigenvalue weighted by Gasteiger charge is -2.43. The minimum Gasteiger partial charge on any atom is -0.354 e. The highest BCUT2D eigenvalue weighted by Gasteiger charge is 2.39. The first-order valence-electron chi connectivity index (χ1n) is 7.33. The van der Waals surface area contributed by atoms with Crippen LogP contribution in [0.4, 0.5) is 0 Å². The molecule has 0 radical (unpaired) electrons. The molecule has 1 aliphatic heterocycles. The molecule has 2 atom stereocenters. The van der Waals surface area contributed by atoms with Gasteiger partial charge < -0.3 is 15.2 Å². The number of amides is 2. The molecule has 2 heterocycles. The van der Waals surface area contributed by atoms with Gasteiger partial charge in [0, 0.05) is 11.7 Å². The van der Waals surface area contributed by atoms with Crippen LogP contribution in [0.15, 0.2) is 6.07 Å². The molecule has 5 heteroatoms. The standard InChI is InChI=1S/C15H21N3O2/c1-9-7-10(2)16-14(9)15(20)18-8-13(19)17-11-5-3-4-6-12(11)18/h7,11-12,16H,3-6,8H2,1-2H3,(H,17,19)/t11-,12-/m1/s1. The van der Waals surface area contributed by atoms with Crippen LogP contribution in [0.1, 0.15) is 47.4 Å². The Balaban J connectivity index is 1.88. The molecule has 1 aliphatic carbocycles. The zero-order chi connectivity index (χ0) is 14.3. The van der Waals surface area contributed by atoms with Crippen molar-refractivity contribution in [2.24, 2.45) is 0 Å². The number of hydrogen-bond donors (Lipinski definition) is 2. The van der Waals surface area contributed by atoms with Crippen molar-refractivity contribution in [2.75, 3.05) is 6.54 Å². The van der Waals surface area contributed by atoms with Crippen molar-refractivity contribution in [3.63, 3.8) is 0 Å². The molecule has 108 valence electrons. The number of piperazine rings is 1. The van der Waals surface area contributed by atoms with E-state index in [0.29, 0.717) is 5.69 Å². The van der Waals surface area contributed by atoms with Crippen LogP contribution in [0, 0.1) is 13.8 Å². The molecule has 0 unspecified atom stereocenters. The van der Waals surface area contributed by atoms with Gasteiger partial charge in [0.1, 0.15) is 12.2 Å². The van der Waals surface area contributed by atoms with E-state index in [-0.39, 0.29) is 30.4 Å². The molecule has 2 fully saturated rings. The highest BCUT2D eigenvalue weighted by atomic mass is 16.2. The Labute approximate surface area is 118 Å². The monoisotopic (exact) mass is 275 g/mol. The Morgan fingerprint density at radius 3 is 2.75 bits per heavy atom. The second-order valence-corrected chi connectivity index (χ2v) is 5.97. The van der Waals surface area contributed by atoms with E-state index in [9.17, 15) is 9.59 Å². The molecular formula is C15H21N3O2. The van der Waals surface area contributed by atoms with Gasteiger partial charge >= 0.3 is 0 Å². The Kier molecular flexibility index (Phi) is 3.28. The van der Waals surface area contributed by atoms with Crippen LogP contribution in [-0.4, -0.2) is 40.3 Å². The number of H-pyrrole nitrogens is 1. The molecule has 0 spiro atoms. The number of fused-ring (bicyclic) bond motifs is 1. The van der Waals surface area contributed by atoms with Crippen molar-refractivity contribution in [3.05, 3.63) is 23.0 Å². The Morgan fingerprint density at radius 2 is 2.05 bits per heavy atom. The van der Waals surface area contributed by atoms with Crippen LogP contribution in [0.25, 0.3) is 0 Å². The zero-order valence-corrected chi connectivity index (χ0v) is 12.0. The average molecular weight is 275 g/mol. The smallest absolute Gasteiger partial charge is 0.271 e. The quantitative estimate of drug-likeness (QED) is 0.816. The summed E-state index contributed by atoms with van der Waals surface area (Å²) in [6.45, 7) is 4.05. The molecule has 1 aromatic rings. The fraction of sp³-hybridized carbons (Fsp3) is 0.600. The maximum atomic E-state index is 12.7. The Hall–Kier alpha value is -1.78. The topological polar surface area (TPSA) is 65.2 Å². The number of aromatic amines is 1. The average Bonchev–Trinajstić information content (AvgIpc) is 2.76. The first-order chi connectivity index (χ1) is 9.56. The molecule has 1 saturated carbocycles. The SMILES string of the molecule is Cc1cc(C)c(C(=O)N2CC(=O)N[C@@H]3CCCC[C@H]32)[nH]1. The predicted octanol–water partition coefficient (Wildman–Crippen LogP) is 1.51. The van der Waals surface area contributed by atoms with E-state index in [2.05, 4.69) is 10.3 Å². The Morgan fingerprint density at radius 1 is 1.30 bits per heavy atom. The van der Waals surface area contributed by atoms with Crippen molar-refractivity contribution in [1.29, 1.82) is 0 Å². The molecule has 2 N–H and O–H groups in total. The summed E-state index contributed by atoms with van der Waals surface area (Å²) < 4.78 is 0. The van der Waals surface area contributed by atoms with Crippen molar-refractivity contribution < 1.29 is 9.59 Å². The second-order valence-electron chi connectivity index (χ2n) is 5.97. The minimum atomic E-state index is -0.0395. The summed E-state index contributed by atoms with van der Waals surface area (Å²) in [6, 6.07) is 2.25. The van der Waals surface area contributed by atoms with E-state index >= 15 is 0 Å². The maximum Gasteiger partial charge on any atom is 0.271 e. The van der Waals surface area contributed by atoms with Gasteiger partial charge in [0.05, 0.1) is 6.04 Å². The number of rotatable bonds is 1. The van der Waals surface area contributed by atoms with Crippen LogP contribution in [0.3, 0.4) is 0 Å². The first-order valence-corrected chi connectivity index (χ1v) is 7.33. The van der Waals surface area contributed by atoms with Crippen LogP contribution in [-0.2, 0) is 4.79 Å². The summed E-state index contributed by atoms with van der Waals surface area (Å²) in [5, 5.41) is 3.03. The summed E-state index contributed by atoms with van der Waals surface area (Å²) in [5.74, 6) is -0.0789. The molecule has 0 aromatic carbocycles. The summed E-state index contributed by atoms with van der Waals surface area (Å²) >= 11 is 0. The van der Waals surface area contributed by atoms with Crippen molar-refractivity contribution in [1.82, 2.24) is 15.2 Å². The number of nitrogens with one attached hydrogen (secondary N) is 2. The summed E-state index contributed by atoms with van der Waals surface area (Å²) in [5.41, 5.74) is 2.56. The lowest BCUT2D eigenvalue weighted by atomic mass is 9.87. The number of aromatic nitrogens is 1. The van der Waals surface area contributed by atoms with Gasteiger partial charge in [0.15, 0.2) is 0 Å². The number of aryl methyl sites for hydroxylation is 2. The predicted molar refractivity (Wildman–Crippen MR) is 75.5 cm³/mol. The molecule has 2 amide bonds. The maximum absolute atomic E-state index is 12.7. The molecule has 1 aromatic heterocycles. The molecule has 20 heavy (non-hydrogen) atoms. The van der Waals surface area contributed by atoms with Gasteiger partial charge in [-0.25, -0.2) is 0 Å². The van der Waals surface area contributed by atoms with Crippen LogP contribution in [0.2, 0.25) is 0 Å². The molecule has 0 bridgehead atoms. The van der Waals surface area contributed by atoms with E-state index in [1.165, 1.54) is 0 Å². The normalized spacial score (nSPS) is 26.1. The van der Waals surface area contributed by atoms with Gasteiger partial charge in [0.25, 0.3) is 5.91 Å². The van der Waals surface area contributed by atoms with Gasteiger partial charge in [-0.05, 0) is 38.3 Å². The summed E-state index contributed by atoms with van der Waals surface area (Å²) in [4.78, 5) is 29.5. The van der Waals surface area contributed by atoms with Crippen molar-refractivity contribution >= 4 is 11.8 Å². The van der Waals surface area contributed by atoms with Crippen molar-refractivity contribution in [3.8, 4) is 0 Å². The fourth-order valence-corrected chi connectivity index (χ4v) is 3.49. The zero-order valence-electron chi connectivity index (χ0n) is 12.0. The lowest BCUT2D eigenvalue weighted by Crippen LogP contribution is -2.63. The first kappa shape index (κ1) is 13.2. The van der Waals surface area contributed by atoms with Gasteiger partial charge in [-0.1, -0.05) is 12.8 Å². The van der Waals surface area contributed by atoms with E-state index in [4.69, 9.17) is 0 Å². The number of hydrogen-bond acceptors (Lipinski definition) is 2. The number of carbonyl (C=O) groups is 2. The lowest BCUT2D eigenvalue weighted by molar-refractivity contribution is -0.127. The molecule has 2 aliphatic rings. The van der Waals surface area contributed by atoms with Gasteiger partial charge in [-0.3, -0.25) is 9.59 Å². The third-order valence-electron chi connectivity index (χ3n) is 4.41. The van der Waals surface area contributed by atoms with Crippen LogP contribution < -0.4 is 5.32 Å². The van der Waals surface area contributed by atoms with Gasteiger partial charge in [0.2, 0.25) is 5.91 Å². The summed E-state index contributed by atoms with van der Waals surface area (Å²) in [6.07, 6.45) is 4.21. The Bertz CT molecular complexity index is 549. The molecule has 5 nitrogen and oxygen atoms in total. The van der Waals surface area contributed by atoms with E-state index < -0.39 is 0 Å². The van der Waals surface area contributed by atoms with E-state index in [1.807, 2.05) is 19.9 Å². The fourth-order valence-electron chi connectivity index (χ4n) is 3.49. The molecule has 3 rings (SSSR count). The minimum absolute atomic E-state index is 0.0394. The third-order valence-corrected chi connectivity index (χ3v) is 4.41. The number of nitrogens with zero attached hydrogens (tertiary/aromatic N) is 1.